The third-order valence-corrected chi connectivity index (χ3v) is 5.11. The summed E-state index contributed by atoms with van der Waals surface area (Å²) in [6, 6.07) is 20.0. The molecule has 134 valence electrons. The van der Waals surface area contributed by atoms with Crippen LogP contribution in [0.1, 0.15) is 12.8 Å². The molecule has 0 radical (unpaired) electrons. The lowest BCUT2D eigenvalue weighted by Gasteiger charge is -2.35. The lowest BCUT2D eigenvalue weighted by molar-refractivity contribution is -0.125. The van der Waals surface area contributed by atoms with Gasteiger partial charge >= 0.3 is 5.91 Å². The highest BCUT2D eigenvalue weighted by atomic mass is 35.5. The molecule has 0 aromatic heterocycles. The third kappa shape index (κ3) is 4.24. The summed E-state index contributed by atoms with van der Waals surface area (Å²) in [7, 11) is 0. The molecule has 0 aliphatic carbocycles. The molecule has 2 aromatic carbocycles. The van der Waals surface area contributed by atoms with E-state index in [0.29, 0.717) is 6.54 Å². The number of hydrogen-bond donors (Lipinski definition) is 0. The van der Waals surface area contributed by atoms with Gasteiger partial charge in [0.05, 0.1) is 0 Å². The van der Waals surface area contributed by atoms with E-state index in [-0.39, 0.29) is 28.7 Å². The van der Waals surface area contributed by atoms with Crippen LogP contribution in [0.25, 0.3) is 0 Å². The molecule has 0 atom stereocenters. The van der Waals surface area contributed by atoms with Gasteiger partial charge in [0, 0.05) is 30.8 Å². The van der Waals surface area contributed by atoms with Crippen molar-refractivity contribution < 1.29 is 4.79 Å². The topological polar surface area (TPSA) is 20.3 Å². The fourth-order valence-electron chi connectivity index (χ4n) is 3.58. The van der Waals surface area contributed by atoms with Crippen molar-refractivity contribution in [1.82, 2.24) is 9.38 Å². The molecule has 1 saturated heterocycles. The van der Waals surface area contributed by atoms with Crippen molar-refractivity contribution >= 4 is 41.3 Å². The van der Waals surface area contributed by atoms with Gasteiger partial charge in [-0.15, -0.1) is 24.0 Å². The first kappa shape index (κ1) is 19.9. The predicted molar refractivity (Wildman–Crippen MR) is 108 cm³/mol. The van der Waals surface area contributed by atoms with E-state index in [4.69, 9.17) is 11.6 Å². The van der Waals surface area contributed by atoms with Crippen LogP contribution in [-0.2, 0) is 4.79 Å². The van der Waals surface area contributed by atoms with Crippen molar-refractivity contribution in [2.45, 2.75) is 12.8 Å². The Kier molecular flexibility index (Phi) is 7.45. The molecular weight excluding hydrogens is 355 g/mol. The Labute approximate surface area is 161 Å². The van der Waals surface area contributed by atoms with Crippen LogP contribution in [0.3, 0.4) is 0 Å². The minimum atomic E-state index is 0. The van der Waals surface area contributed by atoms with Gasteiger partial charge in [0.1, 0.15) is 23.8 Å². The SMILES string of the molecule is Cl.O=C(CCl)[N+](CCN1CCCC1)(c1ccccc1)c1ccccc1. The average molecular weight is 380 g/mol. The van der Waals surface area contributed by atoms with E-state index < -0.39 is 0 Å². The number of carbonyl (C=O) groups is 1. The van der Waals surface area contributed by atoms with Crippen LogP contribution in [0.5, 0.6) is 0 Å². The molecule has 2 aromatic rings. The summed E-state index contributed by atoms with van der Waals surface area (Å²) in [5, 5.41) is 0. The van der Waals surface area contributed by atoms with Gasteiger partial charge in [-0.1, -0.05) is 36.4 Å². The van der Waals surface area contributed by atoms with Crippen molar-refractivity contribution in [3.8, 4) is 0 Å². The maximum Gasteiger partial charge on any atom is 0.338 e. The van der Waals surface area contributed by atoms with E-state index in [2.05, 4.69) is 4.90 Å². The van der Waals surface area contributed by atoms with Crippen LogP contribution in [0.2, 0.25) is 0 Å². The fraction of sp³-hybridized carbons (Fsp3) is 0.350. The molecule has 5 heteroatoms. The first-order chi connectivity index (χ1) is 11.8. The van der Waals surface area contributed by atoms with Crippen LogP contribution in [0.4, 0.5) is 11.4 Å². The number of nitrogens with zero attached hydrogens (tertiary/aromatic N) is 2. The van der Waals surface area contributed by atoms with Crippen LogP contribution >= 0.6 is 24.0 Å². The number of hydrogen-bond acceptors (Lipinski definition) is 2. The number of rotatable bonds is 6. The lowest BCUT2D eigenvalue weighted by atomic mass is 10.1. The van der Waals surface area contributed by atoms with Gasteiger partial charge in [-0.3, -0.25) is 4.90 Å². The van der Waals surface area contributed by atoms with Crippen LogP contribution in [0.15, 0.2) is 60.7 Å². The quantitative estimate of drug-likeness (QED) is 0.539. The zero-order chi connectivity index (χ0) is 16.8. The van der Waals surface area contributed by atoms with Gasteiger partial charge < -0.3 is 0 Å². The second-order valence-corrected chi connectivity index (χ2v) is 6.55. The second kappa shape index (κ2) is 9.35. The van der Waals surface area contributed by atoms with Gasteiger partial charge in [0.25, 0.3) is 0 Å². The first-order valence-corrected chi connectivity index (χ1v) is 9.12. The highest BCUT2D eigenvalue weighted by Gasteiger charge is 2.41. The number of para-hydroxylation sites is 2. The number of amides is 1. The van der Waals surface area contributed by atoms with Crippen LogP contribution < -0.4 is 4.48 Å². The zero-order valence-electron chi connectivity index (χ0n) is 14.3. The summed E-state index contributed by atoms with van der Waals surface area (Å²) in [4.78, 5) is 15.5. The van der Waals surface area contributed by atoms with Gasteiger partial charge in [0.15, 0.2) is 0 Å². The maximum atomic E-state index is 13.1. The number of quaternary nitrogens is 1. The number of carbonyl (C=O) groups excluding carboxylic acids is 1. The molecule has 1 heterocycles. The minimum absolute atomic E-state index is 0. The molecule has 1 fully saturated rings. The molecule has 3 rings (SSSR count). The van der Waals surface area contributed by atoms with Crippen molar-refractivity contribution in [2.75, 3.05) is 32.1 Å². The average Bonchev–Trinajstić information content (AvgIpc) is 3.17. The van der Waals surface area contributed by atoms with E-state index >= 15 is 0 Å². The summed E-state index contributed by atoms with van der Waals surface area (Å²) < 4.78 is 0.182. The fourth-order valence-corrected chi connectivity index (χ4v) is 3.79. The van der Waals surface area contributed by atoms with E-state index in [1.165, 1.54) is 12.8 Å². The Balaban J connectivity index is 0.00000225. The van der Waals surface area contributed by atoms with Gasteiger partial charge in [0.2, 0.25) is 0 Å². The summed E-state index contributed by atoms with van der Waals surface area (Å²) >= 11 is 6.05. The highest BCUT2D eigenvalue weighted by molar-refractivity contribution is 6.29. The Bertz CT molecular complexity index is 618. The van der Waals surface area contributed by atoms with Gasteiger partial charge in [-0.25, -0.2) is 4.79 Å². The zero-order valence-corrected chi connectivity index (χ0v) is 15.9. The lowest BCUT2D eigenvalue weighted by Crippen LogP contribution is -2.54. The Morgan fingerprint density at radius 1 is 0.920 bits per heavy atom. The van der Waals surface area contributed by atoms with Crippen LogP contribution in [0, 0.1) is 0 Å². The predicted octanol–water partition coefficient (Wildman–Crippen LogP) is 4.61. The standard InChI is InChI=1S/C20H24ClN2O.ClH/c21-17-20(24)23(18-9-3-1-4-10-18,19-11-5-2-6-12-19)16-15-22-13-7-8-14-22;/h1-6,9-12H,7-8,13-17H2;1H/q+1;. The number of alkyl halides is 1. The Morgan fingerprint density at radius 2 is 1.40 bits per heavy atom. The smallest absolute Gasteiger partial charge is 0.298 e. The van der Waals surface area contributed by atoms with Crippen molar-refractivity contribution in [2.24, 2.45) is 0 Å². The highest BCUT2D eigenvalue weighted by Crippen LogP contribution is 2.35. The first-order valence-electron chi connectivity index (χ1n) is 8.58. The largest absolute Gasteiger partial charge is 0.338 e. The second-order valence-electron chi connectivity index (χ2n) is 6.28. The van der Waals surface area contributed by atoms with E-state index in [1.807, 2.05) is 60.7 Å². The number of benzene rings is 2. The summed E-state index contributed by atoms with van der Waals surface area (Å²) in [5.41, 5.74) is 1.96. The van der Waals surface area contributed by atoms with Gasteiger partial charge in [-0.2, -0.15) is 4.48 Å². The van der Waals surface area contributed by atoms with Crippen LogP contribution in [-0.4, -0.2) is 42.9 Å². The summed E-state index contributed by atoms with van der Waals surface area (Å²) in [6.45, 7) is 3.85. The molecular formula is C20H25Cl2N2O+. The third-order valence-electron chi connectivity index (χ3n) is 4.88. The number of likely N-dealkylation sites (tertiary alicyclic amines) is 1. The molecule has 0 bridgehead atoms. The Hall–Kier alpha value is -1.39. The van der Waals surface area contributed by atoms with E-state index in [0.717, 1.165) is 31.0 Å². The molecule has 0 unspecified atom stereocenters. The van der Waals surface area contributed by atoms with Crippen molar-refractivity contribution in [1.29, 1.82) is 0 Å². The molecule has 25 heavy (non-hydrogen) atoms. The van der Waals surface area contributed by atoms with E-state index in [1.54, 1.807) is 0 Å². The minimum Gasteiger partial charge on any atom is -0.298 e. The molecule has 1 aliphatic heterocycles. The molecule has 0 N–H and O–H groups in total. The maximum absolute atomic E-state index is 13.1. The molecule has 0 spiro atoms. The van der Waals surface area contributed by atoms with E-state index in [9.17, 15) is 4.79 Å². The van der Waals surface area contributed by atoms with Crippen molar-refractivity contribution in [3.63, 3.8) is 0 Å². The summed E-state index contributed by atoms with van der Waals surface area (Å²) in [6.07, 6.45) is 2.50. The number of halogens is 2. The Morgan fingerprint density at radius 3 is 1.84 bits per heavy atom. The monoisotopic (exact) mass is 379 g/mol. The van der Waals surface area contributed by atoms with Crippen molar-refractivity contribution in [3.05, 3.63) is 60.7 Å². The molecule has 3 nitrogen and oxygen atoms in total. The van der Waals surface area contributed by atoms with Gasteiger partial charge in [-0.05, 0) is 25.9 Å². The molecule has 1 aliphatic rings. The molecule has 0 saturated carbocycles. The normalized spacial score (nSPS) is 14.9. The summed E-state index contributed by atoms with van der Waals surface area (Å²) in [5.74, 6) is 0.0253. The molecule has 1 amide bonds.